The Morgan fingerprint density at radius 3 is 1.61 bits per heavy atom. The molecule has 4 N–H and O–H groups in total. The first-order valence-electron chi connectivity index (χ1n) is 7.73. The number of aromatic nitrogens is 4. The maximum Gasteiger partial charge on any atom is 0.209 e. The van der Waals surface area contributed by atoms with Gasteiger partial charge in [0.2, 0.25) is 15.4 Å². The molecule has 2 fully saturated rings. The molecule has 1 saturated heterocycles. The van der Waals surface area contributed by atoms with Crippen molar-refractivity contribution in [2.24, 2.45) is 0 Å². The maximum atomic E-state index is 5.46. The number of nitrogens with two attached hydrogens (primary N) is 2. The van der Waals surface area contributed by atoms with Crippen molar-refractivity contribution in [2.75, 3.05) is 29.5 Å². The number of anilines is 3. The predicted molar refractivity (Wildman–Crippen MR) is 101 cm³/mol. The molecule has 2 aliphatic rings. The molecule has 2 aromatic rings. The molecular weight excluding hydrogens is 398 g/mol. The van der Waals surface area contributed by atoms with Crippen LogP contribution in [0.25, 0.3) is 0 Å². The molecule has 3 heterocycles. The van der Waals surface area contributed by atoms with Crippen LogP contribution in [-0.4, -0.2) is 33.5 Å². The summed E-state index contributed by atoms with van der Waals surface area (Å²) in [5, 5.41) is 16.9. The summed E-state index contributed by atoms with van der Waals surface area (Å²) in [6.07, 6.45) is 10.0. The van der Waals surface area contributed by atoms with Gasteiger partial charge in [0.15, 0.2) is 3.92 Å². The average Bonchev–Trinajstić information content (AvgIpc) is 3.29. The van der Waals surface area contributed by atoms with Gasteiger partial charge in [0.25, 0.3) is 0 Å². The third-order valence-corrected chi connectivity index (χ3v) is 5.47. The maximum absolute atomic E-state index is 5.46. The Morgan fingerprint density at radius 1 is 0.739 bits per heavy atom. The van der Waals surface area contributed by atoms with Crippen molar-refractivity contribution in [3.8, 4) is 0 Å². The Hall–Kier alpha value is -1.00. The van der Waals surface area contributed by atoms with E-state index in [4.69, 9.17) is 11.5 Å². The summed E-state index contributed by atoms with van der Waals surface area (Å²) in [5.41, 5.74) is 10.7. The molecule has 0 bridgehead atoms. The van der Waals surface area contributed by atoms with E-state index in [9.17, 15) is 0 Å². The van der Waals surface area contributed by atoms with Crippen LogP contribution < -0.4 is 16.4 Å². The summed E-state index contributed by atoms with van der Waals surface area (Å²) in [7, 11) is 0. The van der Waals surface area contributed by atoms with Gasteiger partial charge in [-0.1, -0.05) is 54.8 Å². The summed E-state index contributed by atoms with van der Waals surface area (Å²) in [4.78, 5) is 2.23. The molecule has 0 unspecified atom stereocenters. The van der Waals surface area contributed by atoms with Crippen molar-refractivity contribution in [3.05, 3.63) is 3.92 Å². The van der Waals surface area contributed by atoms with E-state index >= 15 is 0 Å². The van der Waals surface area contributed by atoms with Crippen molar-refractivity contribution in [3.63, 3.8) is 0 Å². The Morgan fingerprint density at radius 2 is 1.26 bits per heavy atom. The van der Waals surface area contributed by atoms with E-state index in [-0.39, 0.29) is 0 Å². The van der Waals surface area contributed by atoms with Gasteiger partial charge in [0, 0.05) is 13.1 Å². The largest absolute Gasteiger partial charge is 0.374 e. The summed E-state index contributed by atoms with van der Waals surface area (Å²) in [5.74, 6) is 0. The summed E-state index contributed by atoms with van der Waals surface area (Å²) in [6.45, 7) is 2.21. The van der Waals surface area contributed by atoms with Crippen molar-refractivity contribution < 1.29 is 0 Å². The molecular formula is C13H22BrN7S2. The fraction of sp³-hybridized carbons (Fsp3) is 0.692. The van der Waals surface area contributed by atoms with E-state index in [1.165, 1.54) is 67.6 Å². The average molecular weight is 420 g/mol. The van der Waals surface area contributed by atoms with Crippen LogP contribution in [0, 0.1) is 0 Å². The first kappa shape index (κ1) is 18.3. The molecule has 0 amide bonds. The fourth-order valence-corrected chi connectivity index (χ4v) is 3.94. The molecule has 23 heavy (non-hydrogen) atoms. The Balaban J connectivity index is 0.000000137. The SMILES string of the molecule is C1CCCC1.Nc1nnc(Br)s1.Nc1nnc(N2CCCC2)s1. The number of hydrogen-bond donors (Lipinski definition) is 2. The number of nitrogens with zero attached hydrogens (tertiary/aromatic N) is 5. The van der Waals surface area contributed by atoms with Gasteiger partial charge in [0.1, 0.15) is 0 Å². The highest BCUT2D eigenvalue weighted by atomic mass is 79.9. The standard InChI is InChI=1S/C6H10N4S.C5H10.C2H2BrN3S/c7-5-8-9-6(11-5)10-3-1-2-4-10;1-2-4-5-3-1;3-1-5-6-2(4)7-1/h1-4H2,(H2,7,8);1-5H2;(H2,4,6). The highest BCUT2D eigenvalue weighted by Crippen LogP contribution is 2.24. The Kier molecular flexibility index (Phi) is 7.96. The molecule has 128 valence electrons. The molecule has 1 aliphatic heterocycles. The van der Waals surface area contributed by atoms with Gasteiger partial charge in [-0.05, 0) is 28.8 Å². The number of halogens is 1. The lowest BCUT2D eigenvalue weighted by atomic mass is 10.4. The van der Waals surface area contributed by atoms with Crippen LogP contribution in [0.1, 0.15) is 44.9 Å². The van der Waals surface area contributed by atoms with Crippen molar-refractivity contribution >= 4 is 54.0 Å². The second kappa shape index (κ2) is 9.99. The minimum absolute atomic E-state index is 0.492. The lowest BCUT2D eigenvalue weighted by molar-refractivity contribution is 0.886. The zero-order valence-corrected chi connectivity index (χ0v) is 16.2. The third-order valence-electron chi connectivity index (χ3n) is 3.47. The molecule has 1 saturated carbocycles. The normalized spacial score (nSPS) is 16.5. The molecule has 1 aliphatic carbocycles. The minimum Gasteiger partial charge on any atom is -0.374 e. The van der Waals surface area contributed by atoms with Crippen molar-refractivity contribution in [2.45, 2.75) is 44.9 Å². The molecule has 2 aromatic heterocycles. The first-order valence-corrected chi connectivity index (χ1v) is 10.2. The number of nitrogen functional groups attached to an aromatic ring is 2. The molecule has 0 radical (unpaired) electrons. The second-order valence-electron chi connectivity index (χ2n) is 5.28. The smallest absolute Gasteiger partial charge is 0.209 e. The number of hydrogen-bond acceptors (Lipinski definition) is 9. The van der Waals surface area contributed by atoms with Crippen LogP contribution >= 0.6 is 38.6 Å². The van der Waals surface area contributed by atoms with E-state index in [0.717, 1.165) is 22.1 Å². The summed E-state index contributed by atoms with van der Waals surface area (Å²) < 4.78 is 0.727. The molecule has 0 aromatic carbocycles. The van der Waals surface area contributed by atoms with Crippen LogP contribution in [0.15, 0.2) is 3.92 Å². The van der Waals surface area contributed by atoms with E-state index in [0.29, 0.717) is 10.3 Å². The Labute approximate surface area is 152 Å². The van der Waals surface area contributed by atoms with Gasteiger partial charge in [0.05, 0.1) is 0 Å². The van der Waals surface area contributed by atoms with Gasteiger partial charge in [-0.3, -0.25) is 0 Å². The van der Waals surface area contributed by atoms with E-state index < -0.39 is 0 Å². The van der Waals surface area contributed by atoms with Gasteiger partial charge >= 0.3 is 0 Å². The third kappa shape index (κ3) is 6.96. The summed E-state index contributed by atoms with van der Waals surface area (Å²) >= 11 is 5.88. The zero-order chi connectivity index (χ0) is 16.5. The van der Waals surface area contributed by atoms with Crippen molar-refractivity contribution in [1.82, 2.24) is 20.4 Å². The van der Waals surface area contributed by atoms with Crippen LogP contribution in [-0.2, 0) is 0 Å². The highest BCUT2D eigenvalue weighted by molar-refractivity contribution is 9.11. The quantitative estimate of drug-likeness (QED) is 0.726. The lowest BCUT2D eigenvalue weighted by Gasteiger charge is -2.10. The van der Waals surface area contributed by atoms with Gasteiger partial charge < -0.3 is 16.4 Å². The van der Waals surface area contributed by atoms with Crippen LogP contribution in [0.2, 0.25) is 0 Å². The number of rotatable bonds is 1. The molecule has 7 nitrogen and oxygen atoms in total. The van der Waals surface area contributed by atoms with Crippen LogP contribution in [0.4, 0.5) is 15.4 Å². The van der Waals surface area contributed by atoms with E-state index in [1.54, 1.807) is 0 Å². The van der Waals surface area contributed by atoms with E-state index in [1.807, 2.05) is 0 Å². The Bertz CT molecular complexity index is 540. The monoisotopic (exact) mass is 419 g/mol. The minimum atomic E-state index is 0.492. The van der Waals surface area contributed by atoms with Crippen molar-refractivity contribution in [1.29, 1.82) is 0 Å². The molecule has 0 spiro atoms. The second-order valence-corrected chi connectivity index (χ2v) is 8.55. The summed E-state index contributed by atoms with van der Waals surface area (Å²) in [6, 6.07) is 0. The highest BCUT2D eigenvalue weighted by Gasteiger charge is 2.15. The van der Waals surface area contributed by atoms with E-state index in [2.05, 4.69) is 41.2 Å². The fourth-order valence-electron chi connectivity index (χ4n) is 2.36. The molecule has 0 atom stereocenters. The van der Waals surface area contributed by atoms with Crippen LogP contribution in [0.5, 0.6) is 0 Å². The van der Waals surface area contributed by atoms with Gasteiger partial charge in [-0.2, -0.15) is 0 Å². The van der Waals surface area contributed by atoms with Gasteiger partial charge in [-0.15, -0.1) is 20.4 Å². The lowest BCUT2D eigenvalue weighted by Crippen LogP contribution is -2.17. The molecule has 4 rings (SSSR count). The predicted octanol–water partition coefficient (Wildman–Crippen LogP) is 3.55. The van der Waals surface area contributed by atoms with Gasteiger partial charge in [-0.25, -0.2) is 0 Å². The topological polar surface area (TPSA) is 107 Å². The zero-order valence-electron chi connectivity index (χ0n) is 12.9. The molecule has 10 heteroatoms. The van der Waals surface area contributed by atoms with Crippen LogP contribution in [0.3, 0.4) is 0 Å². The first-order chi connectivity index (χ1) is 11.1.